The lowest BCUT2D eigenvalue weighted by molar-refractivity contribution is 0.696. The monoisotopic (exact) mass is 424 g/mol. The highest BCUT2D eigenvalue weighted by atomic mass is 127. The summed E-state index contributed by atoms with van der Waals surface area (Å²) in [6.07, 6.45) is 1.82. The van der Waals surface area contributed by atoms with E-state index in [1.807, 2.05) is 18.3 Å². The molecule has 1 unspecified atom stereocenters. The van der Waals surface area contributed by atoms with Crippen molar-refractivity contribution in [3.8, 4) is 0 Å². The largest absolute Gasteiger partial charge is 0.356 e. The number of rotatable bonds is 5. The van der Waals surface area contributed by atoms with Crippen molar-refractivity contribution >= 4 is 29.9 Å². The summed E-state index contributed by atoms with van der Waals surface area (Å²) in [4.78, 5) is 8.65. The Morgan fingerprint density at radius 3 is 2.52 bits per heavy atom. The summed E-state index contributed by atoms with van der Waals surface area (Å²) in [6, 6.07) is 14.5. The Morgan fingerprint density at radius 2 is 1.87 bits per heavy atom. The van der Waals surface area contributed by atoms with Gasteiger partial charge in [0.25, 0.3) is 0 Å². The first kappa shape index (κ1) is 19.4. The third kappa shape index (κ3) is 6.17. The van der Waals surface area contributed by atoms with E-state index in [1.165, 1.54) is 11.1 Å². The topological polar surface area (TPSA) is 49.3 Å². The van der Waals surface area contributed by atoms with Crippen LogP contribution < -0.4 is 10.6 Å². The lowest BCUT2D eigenvalue weighted by atomic mass is 10.0. The fourth-order valence-corrected chi connectivity index (χ4v) is 2.24. The number of pyridine rings is 1. The van der Waals surface area contributed by atoms with Gasteiger partial charge in [0.1, 0.15) is 0 Å². The molecule has 23 heavy (non-hydrogen) atoms. The highest BCUT2D eigenvalue weighted by Gasteiger charge is 2.06. The number of hydrogen-bond acceptors (Lipinski definition) is 2. The molecule has 4 nitrogen and oxygen atoms in total. The maximum Gasteiger partial charge on any atom is 0.191 e. The number of hydrogen-bond donors (Lipinski definition) is 2. The van der Waals surface area contributed by atoms with Crippen LogP contribution in [0.2, 0.25) is 0 Å². The maximum absolute atomic E-state index is 4.38. The van der Waals surface area contributed by atoms with Gasteiger partial charge in [0, 0.05) is 19.8 Å². The van der Waals surface area contributed by atoms with Crippen molar-refractivity contribution in [1.82, 2.24) is 15.6 Å². The van der Waals surface area contributed by atoms with Crippen molar-refractivity contribution < 1.29 is 0 Å². The first-order chi connectivity index (χ1) is 10.7. The average Bonchev–Trinajstić information content (AvgIpc) is 2.57. The molecule has 0 amide bonds. The minimum Gasteiger partial charge on any atom is -0.356 e. The van der Waals surface area contributed by atoms with E-state index < -0.39 is 0 Å². The summed E-state index contributed by atoms with van der Waals surface area (Å²) in [6.45, 7) is 5.78. The highest BCUT2D eigenvalue weighted by molar-refractivity contribution is 14.0. The zero-order valence-electron chi connectivity index (χ0n) is 13.9. The number of nitrogens with zero attached hydrogens (tertiary/aromatic N) is 2. The van der Waals surface area contributed by atoms with Gasteiger partial charge in [-0.1, -0.05) is 43.3 Å². The van der Waals surface area contributed by atoms with Crippen LogP contribution in [0.3, 0.4) is 0 Å². The Hall–Kier alpha value is -1.63. The van der Waals surface area contributed by atoms with Crippen LogP contribution in [0, 0.1) is 6.92 Å². The molecule has 0 bridgehead atoms. The highest BCUT2D eigenvalue weighted by Crippen LogP contribution is 2.12. The van der Waals surface area contributed by atoms with Crippen molar-refractivity contribution in [1.29, 1.82) is 0 Å². The van der Waals surface area contributed by atoms with E-state index in [-0.39, 0.29) is 24.0 Å². The van der Waals surface area contributed by atoms with Crippen LogP contribution in [0.1, 0.15) is 29.7 Å². The number of benzene rings is 1. The summed E-state index contributed by atoms with van der Waals surface area (Å²) in [5.74, 6) is 1.23. The van der Waals surface area contributed by atoms with E-state index in [9.17, 15) is 0 Å². The van der Waals surface area contributed by atoms with Gasteiger partial charge in [0.15, 0.2) is 5.96 Å². The lowest BCUT2D eigenvalue weighted by Gasteiger charge is -2.16. The van der Waals surface area contributed by atoms with Crippen LogP contribution >= 0.6 is 24.0 Å². The van der Waals surface area contributed by atoms with E-state index >= 15 is 0 Å². The molecule has 1 aromatic heterocycles. The molecule has 0 radical (unpaired) electrons. The van der Waals surface area contributed by atoms with Crippen LogP contribution in [-0.2, 0) is 6.54 Å². The molecule has 0 fully saturated rings. The Balaban J connectivity index is 0.00000264. The van der Waals surface area contributed by atoms with Gasteiger partial charge in [-0.3, -0.25) is 9.98 Å². The zero-order chi connectivity index (χ0) is 15.8. The molecule has 0 saturated heterocycles. The van der Waals surface area contributed by atoms with Crippen molar-refractivity contribution in [3.05, 3.63) is 65.5 Å². The number of aliphatic imine (C=N–C) groups is 1. The summed E-state index contributed by atoms with van der Waals surface area (Å²) in [7, 11) is 1.79. The molecule has 0 aliphatic heterocycles. The average molecular weight is 424 g/mol. The van der Waals surface area contributed by atoms with Crippen LogP contribution in [0.15, 0.2) is 53.7 Å². The van der Waals surface area contributed by atoms with Gasteiger partial charge in [-0.25, -0.2) is 0 Å². The molecule has 2 N–H and O–H groups in total. The van der Waals surface area contributed by atoms with Crippen molar-refractivity contribution in [2.75, 3.05) is 13.6 Å². The zero-order valence-corrected chi connectivity index (χ0v) is 16.2. The fourth-order valence-electron chi connectivity index (χ4n) is 2.24. The standard InChI is InChI=1S/C18H24N4.HI/c1-14-8-7-11-20-17(14)13-22-18(19-3)21-12-15(2)16-9-5-4-6-10-16;/h4-11,15H,12-13H2,1-3H3,(H2,19,21,22);1H. The predicted octanol–water partition coefficient (Wildman–Crippen LogP) is 3.48. The summed E-state index contributed by atoms with van der Waals surface area (Å²) < 4.78 is 0. The smallest absolute Gasteiger partial charge is 0.191 e. The Kier molecular flexibility index (Phi) is 8.61. The van der Waals surface area contributed by atoms with Gasteiger partial charge in [-0.05, 0) is 30.0 Å². The quantitative estimate of drug-likeness (QED) is 0.439. The number of aryl methyl sites for hydroxylation is 1. The van der Waals surface area contributed by atoms with Crippen LogP contribution in [-0.4, -0.2) is 24.5 Å². The minimum absolute atomic E-state index is 0. The maximum atomic E-state index is 4.38. The molecule has 0 aliphatic rings. The SMILES string of the molecule is CN=C(NCc1ncccc1C)NCC(C)c1ccccc1.I. The predicted molar refractivity (Wildman–Crippen MR) is 107 cm³/mol. The van der Waals surface area contributed by atoms with Crippen molar-refractivity contribution in [3.63, 3.8) is 0 Å². The van der Waals surface area contributed by atoms with E-state index in [2.05, 4.69) is 64.8 Å². The molecular weight excluding hydrogens is 399 g/mol. The number of aromatic nitrogens is 1. The van der Waals surface area contributed by atoms with Gasteiger partial charge in [0.05, 0.1) is 12.2 Å². The first-order valence-corrected chi connectivity index (χ1v) is 7.60. The third-order valence-corrected chi connectivity index (χ3v) is 3.71. The Bertz CT molecular complexity index is 613. The summed E-state index contributed by atoms with van der Waals surface area (Å²) >= 11 is 0. The molecule has 1 atom stereocenters. The van der Waals surface area contributed by atoms with Gasteiger partial charge in [0.2, 0.25) is 0 Å². The number of halogens is 1. The van der Waals surface area contributed by atoms with Crippen molar-refractivity contribution in [2.24, 2.45) is 4.99 Å². The molecule has 0 spiro atoms. The minimum atomic E-state index is 0. The first-order valence-electron chi connectivity index (χ1n) is 7.60. The van der Waals surface area contributed by atoms with Crippen molar-refractivity contribution in [2.45, 2.75) is 26.3 Å². The third-order valence-electron chi connectivity index (χ3n) is 3.71. The second-order valence-corrected chi connectivity index (χ2v) is 5.39. The van der Waals surface area contributed by atoms with E-state index in [1.54, 1.807) is 7.05 Å². The van der Waals surface area contributed by atoms with Gasteiger partial charge >= 0.3 is 0 Å². The molecule has 0 aliphatic carbocycles. The molecule has 2 rings (SSSR count). The van der Waals surface area contributed by atoms with Gasteiger partial charge in [-0.2, -0.15) is 0 Å². The lowest BCUT2D eigenvalue weighted by Crippen LogP contribution is -2.38. The van der Waals surface area contributed by atoms with E-state index in [0.717, 1.165) is 18.2 Å². The Morgan fingerprint density at radius 1 is 1.13 bits per heavy atom. The summed E-state index contributed by atoms with van der Waals surface area (Å²) in [5.41, 5.74) is 3.55. The van der Waals surface area contributed by atoms with E-state index in [0.29, 0.717) is 12.5 Å². The Labute approximate surface area is 155 Å². The molecule has 5 heteroatoms. The number of guanidine groups is 1. The van der Waals surface area contributed by atoms with E-state index in [4.69, 9.17) is 0 Å². The second-order valence-electron chi connectivity index (χ2n) is 5.39. The molecule has 1 aromatic carbocycles. The normalized spacial score (nSPS) is 12.2. The summed E-state index contributed by atoms with van der Waals surface area (Å²) in [5, 5.41) is 6.68. The second kappa shape index (κ2) is 10.2. The molecular formula is C18H25IN4. The molecule has 2 aromatic rings. The molecule has 1 heterocycles. The number of nitrogens with one attached hydrogen (secondary N) is 2. The molecule has 124 valence electrons. The van der Waals surface area contributed by atoms with Crippen LogP contribution in [0.5, 0.6) is 0 Å². The van der Waals surface area contributed by atoms with Gasteiger partial charge < -0.3 is 10.6 Å². The van der Waals surface area contributed by atoms with Crippen LogP contribution in [0.4, 0.5) is 0 Å². The molecule has 0 saturated carbocycles. The van der Waals surface area contributed by atoms with Gasteiger partial charge in [-0.15, -0.1) is 24.0 Å². The van der Waals surface area contributed by atoms with Crippen LogP contribution in [0.25, 0.3) is 0 Å². The fraction of sp³-hybridized carbons (Fsp3) is 0.333.